The summed E-state index contributed by atoms with van der Waals surface area (Å²) in [5.41, 5.74) is -0.531. The van der Waals surface area contributed by atoms with Crippen LogP contribution in [0.3, 0.4) is 0 Å². The van der Waals surface area contributed by atoms with Gasteiger partial charge in [-0.1, -0.05) is 13.3 Å². The number of nitrogens with one attached hydrogen (secondary N) is 1. The second-order valence-corrected chi connectivity index (χ2v) is 5.74. The number of aliphatic hydroxyl groups excluding tert-OH is 1. The number of amides is 1. The smallest absolute Gasteiger partial charge is 0.407 e. The Morgan fingerprint density at radius 2 is 1.95 bits per heavy atom. The number of hydrogen-bond donors (Lipinski definition) is 2. The molecule has 2 N–H and O–H groups in total. The Kier molecular flexibility index (Phi) is 8.76. The van der Waals surface area contributed by atoms with Crippen molar-refractivity contribution < 1.29 is 19.4 Å². The maximum absolute atomic E-state index is 11.7. The van der Waals surface area contributed by atoms with Crippen LogP contribution in [-0.4, -0.2) is 42.7 Å². The van der Waals surface area contributed by atoms with E-state index in [2.05, 4.69) is 5.32 Å². The average Bonchev–Trinajstić information content (AvgIpc) is 2.25. The zero-order chi connectivity index (χ0) is 14.9. The predicted octanol–water partition coefficient (Wildman–Crippen LogP) is 2.47. The summed E-state index contributed by atoms with van der Waals surface area (Å²) in [5.74, 6) is 0. The quantitative estimate of drug-likeness (QED) is 0.668. The van der Waals surface area contributed by atoms with Crippen LogP contribution in [0.1, 0.15) is 53.4 Å². The fraction of sp³-hybridized carbons (Fsp3) is 0.929. The highest BCUT2D eigenvalue weighted by Crippen LogP contribution is 2.11. The standard InChI is InChI=1S/C14H29NO4/c1-6-8-12(16)11(9-7-10-18-5)15-13(17)19-14(2,3)4/h11-12,16H,6-10H2,1-5H3,(H,15,17)/t11-,12-/m1/s1. The molecule has 5 nitrogen and oxygen atoms in total. The molecule has 0 aromatic heterocycles. The molecule has 2 atom stereocenters. The van der Waals surface area contributed by atoms with Gasteiger partial charge in [-0.2, -0.15) is 0 Å². The second-order valence-electron chi connectivity index (χ2n) is 5.74. The summed E-state index contributed by atoms with van der Waals surface area (Å²) in [6.07, 6.45) is 1.97. The lowest BCUT2D eigenvalue weighted by Gasteiger charge is -2.26. The minimum Gasteiger partial charge on any atom is -0.444 e. The molecular weight excluding hydrogens is 246 g/mol. The van der Waals surface area contributed by atoms with Gasteiger partial charge >= 0.3 is 6.09 Å². The van der Waals surface area contributed by atoms with Crippen LogP contribution in [0.4, 0.5) is 4.79 Å². The first kappa shape index (κ1) is 18.2. The molecule has 0 unspecified atom stereocenters. The summed E-state index contributed by atoms with van der Waals surface area (Å²) in [6, 6.07) is -0.287. The van der Waals surface area contributed by atoms with E-state index in [9.17, 15) is 9.90 Å². The average molecular weight is 275 g/mol. The Balaban J connectivity index is 4.35. The number of alkyl carbamates (subject to hydrolysis) is 1. The molecule has 0 aliphatic carbocycles. The molecule has 0 fully saturated rings. The van der Waals surface area contributed by atoms with Gasteiger partial charge in [-0.25, -0.2) is 4.79 Å². The summed E-state index contributed by atoms with van der Waals surface area (Å²) >= 11 is 0. The van der Waals surface area contributed by atoms with Gasteiger partial charge in [-0.15, -0.1) is 0 Å². The molecule has 0 heterocycles. The van der Waals surface area contributed by atoms with E-state index in [4.69, 9.17) is 9.47 Å². The first-order valence-corrected chi connectivity index (χ1v) is 6.96. The van der Waals surface area contributed by atoms with Crippen molar-refractivity contribution in [1.82, 2.24) is 5.32 Å². The molecule has 5 heteroatoms. The largest absolute Gasteiger partial charge is 0.444 e. The number of hydrogen-bond acceptors (Lipinski definition) is 4. The molecule has 0 bridgehead atoms. The predicted molar refractivity (Wildman–Crippen MR) is 75.2 cm³/mol. The number of methoxy groups -OCH3 is 1. The number of rotatable bonds is 8. The van der Waals surface area contributed by atoms with E-state index < -0.39 is 17.8 Å². The van der Waals surface area contributed by atoms with Gasteiger partial charge in [0.15, 0.2) is 0 Å². The molecule has 0 saturated heterocycles. The summed E-state index contributed by atoms with van der Waals surface area (Å²) in [6.45, 7) is 8.06. The van der Waals surface area contributed by atoms with Gasteiger partial charge in [0.05, 0.1) is 12.1 Å². The maximum Gasteiger partial charge on any atom is 0.407 e. The van der Waals surface area contributed by atoms with Gasteiger partial charge in [-0.3, -0.25) is 0 Å². The molecular formula is C14H29NO4. The molecule has 0 aromatic rings. The van der Waals surface area contributed by atoms with Gasteiger partial charge in [-0.05, 0) is 40.0 Å². The Labute approximate surface area is 116 Å². The Morgan fingerprint density at radius 1 is 1.32 bits per heavy atom. The first-order valence-electron chi connectivity index (χ1n) is 6.96. The number of aliphatic hydroxyl groups is 1. The Morgan fingerprint density at radius 3 is 2.42 bits per heavy atom. The van der Waals surface area contributed by atoms with Crippen molar-refractivity contribution in [2.75, 3.05) is 13.7 Å². The van der Waals surface area contributed by atoms with E-state index in [0.29, 0.717) is 19.4 Å². The highest BCUT2D eigenvalue weighted by Gasteiger charge is 2.23. The van der Waals surface area contributed by atoms with Crippen LogP contribution in [0.2, 0.25) is 0 Å². The highest BCUT2D eigenvalue weighted by molar-refractivity contribution is 5.68. The molecule has 0 saturated carbocycles. The van der Waals surface area contributed by atoms with Gasteiger partial charge in [0.2, 0.25) is 0 Å². The van der Waals surface area contributed by atoms with E-state index in [-0.39, 0.29) is 6.04 Å². The maximum atomic E-state index is 11.7. The molecule has 0 radical (unpaired) electrons. The first-order chi connectivity index (χ1) is 8.80. The van der Waals surface area contributed by atoms with E-state index in [1.54, 1.807) is 7.11 Å². The highest BCUT2D eigenvalue weighted by atomic mass is 16.6. The van der Waals surface area contributed by atoms with Crippen molar-refractivity contribution in [3.05, 3.63) is 0 Å². The third-order valence-corrected chi connectivity index (χ3v) is 2.61. The van der Waals surface area contributed by atoms with E-state index in [0.717, 1.165) is 12.8 Å². The van der Waals surface area contributed by atoms with Crippen LogP contribution in [0.5, 0.6) is 0 Å². The van der Waals surface area contributed by atoms with Crippen LogP contribution < -0.4 is 5.32 Å². The SMILES string of the molecule is CCC[C@@H](O)[C@@H](CCCOC)NC(=O)OC(C)(C)C. The number of ether oxygens (including phenoxy) is 2. The van der Waals surface area contributed by atoms with Gasteiger partial charge in [0.1, 0.15) is 5.60 Å². The van der Waals surface area contributed by atoms with Gasteiger partial charge in [0.25, 0.3) is 0 Å². The lowest BCUT2D eigenvalue weighted by Crippen LogP contribution is -2.45. The molecule has 0 rings (SSSR count). The fourth-order valence-electron chi connectivity index (χ4n) is 1.76. The van der Waals surface area contributed by atoms with E-state index >= 15 is 0 Å². The monoisotopic (exact) mass is 275 g/mol. The van der Waals surface area contributed by atoms with Crippen molar-refractivity contribution in [3.63, 3.8) is 0 Å². The van der Waals surface area contributed by atoms with Crippen molar-refractivity contribution in [3.8, 4) is 0 Å². The van der Waals surface area contributed by atoms with Crippen LogP contribution in [-0.2, 0) is 9.47 Å². The van der Waals surface area contributed by atoms with Crippen LogP contribution in [0, 0.1) is 0 Å². The molecule has 1 amide bonds. The summed E-state index contributed by atoms with van der Waals surface area (Å²) in [7, 11) is 1.64. The zero-order valence-corrected chi connectivity index (χ0v) is 12.9. The minimum atomic E-state index is -0.547. The minimum absolute atomic E-state index is 0.287. The van der Waals surface area contributed by atoms with Crippen molar-refractivity contribution >= 4 is 6.09 Å². The molecule has 0 spiro atoms. The van der Waals surface area contributed by atoms with Crippen LogP contribution >= 0.6 is 0 Å². The van der Waals surface area contributed by atoms with Crippen LogP contribution in [0.25, 0.3) is 0 Å². The molecule has 19 heavy (non-hydrogen) atoms. The Hall–Kier alpha value is -0.810. The van der Waals surface area contributed by atoms with Crippen molar-refractivity contribution in [2.24, 2.45) is 0 Å². The van der Waals surface area contributed by atoms with E-state index in [1.807, 2.05) is 27.7 Å². The summed E-state index contributed by atoms with van der Waals surface area (Å²) < 4.78 is 10.2. The third-order valence-electron chi connectivity index (χ3n) is 2.61. The van der Waals surface area contributed by atoms with Crippen molar-refractivity contribution in [1.29, 1.82) is 0 Å². The van der Waals surface area contributed by atoms with E-state index in [1.165, 1.54) is 0 Å². The third kappa shape index (κ3) is 9.73. The van der Waals surface area contributed by atoms with Crippen LogP contribution in [0.15, 0.2) is 0 Å². The summed E-state index contributed by atoms with van der Waals surface area (Å²) in [5, 5.41) is 12.8. The molecule has 0 aliphatic rings. The second kappa shape index (κ2) is 9.15. The summed E-state index contributed by atoms with van der Waals surface area (Å²) in [4.78, 5) is 11.7. The molecule has 0 aromatic carbocycles. The topological polar surface area (TPSA) is 67.8 Å². The number of carbonyl (C=O) groups is 1. The van der Waals surface area contributed by atoms with Gasteiger partial charge in [0, 0.05) is 13.7 Å². The zero-order valence-electron chi connectivity index (χ0n) is 12.9. The van der Waals surface area contributed by atoms with Gasteiger partial charge < -0.3 is 19.9 Å². The normalized spacial score (nSPS) is 14.8. The lowest BCUT2D eigenvalue weighted by molar-refractivity contribution is 0.0394. The Bertz CT molecular complexity index is 250. The fourth-order valence-corrected chi connectivity index (χ4v) is 1.76. The number of carbonyl (C=O) groups excluding carboxylic acids is 1. The van der Waals surface area contributed by atoms with Crippen molar-refractivity contribution in [2.45, 2.75) is 71.1 Å². The lowest BCUT2D eigenvalue weighted by atomic mass is 10.0. The molecule has 0 aliphatic heterocycles. The molecule has 114 valence electrons.